The molecule has 1 aromatic rings. The van der Waals surface area contributed by atoms with E-state index < -0.39 is 16.5 Å². The zero-order valence-corrected chi connectivity index (χ0v) is 9.16. The van der Waals surface area contributed by atoms with Gasteiger partial charge in [0.25, 0.3) is 0 Å². The normalized spacial score (nSPS) is 12.5. The molecule has 1 heterocycles. The Morgan fingerprint density at radius 3 is 1.94 bits per heavy atom. The second-order valence-electron chi connectivity index (χ2n) is 2.86. The summed E-state index contributed by atoms with van der Waals surface area (Å²) in [5.41, 5.74) is 0. The van der Waals surface area contributed by atoms with Gasteiger partial charge in [-0.05, 0) is 0 Å². The van der Waals surface area contributed by atoms with Crippen LogP contribution in [-0.2, 0) is 16.9 Å². The third-order valence-electron chi connectivity index (χ3n) is 1.41. The summed E-state index contributed by atoms with van der Waals surface area (Å²) in [6, 6.07) is 5.66. The Bertz CT molecular complexity index is 371. The van der Waals surface area contributed by atoms with Gasteiger partial charge in [0.05, 0.1) is 6.61 Å². The van der Waals surface area contributed by atoms with E-state index in [1.807, 2.05) is 35.2 Å². The second-order valence-corrected chi connectivity index (χ2v) is 3.75. The summed E-state index contributed by atoms with van der Waals surface area (Å²) in [4.78, 5) is 0. The van der Waals surface area contributed by atoms with Gasteiger partial charge in [-0.3, -0.25) is 9.11 Å². The Hall–Kier alpha value is -1.06. The van der Waals surface area contributed by atoms with Crippen LogP contribution in [0, 0.1) is 0 Å². The van der Waals surface area contributed by atoms with E-state index in [0.29, 0.717) is 6.54 Å². The molecule has 7 nitrogen and oxygen atoms in total. The minimum absolute atomic E-state index is 0.193. The first kappa shape index (κ1) is 14.9. The van der Waals surface area contributed by atoms with Gasteiger partial charge in [0.2, 0.25) is 0 Å². The summed E-state index contributed by atoms with van der Waals surface area (Å²) in [6.45, 7) is 0.249. The zero-order chi connectivity index (χ0) is 12.6. The third-order valence-corrected chi connectivity index (χ3v) is 1.41. The number of aliphatic hydroxyl groups is 2. The molecule has 1 aromatic heterocycles. The van der Waals surface area contributed by atoms with E-state index in [-0.39, 0.29) is 6.61 Å². The number of nitrogens with zero attached hydrogens (tertiary/aromatic N) is 1. The van der Waals surface area contributed by atoms with E-state index >= 15 is 0 Å². The average molecular weight is 252 g/mol. The lowest BCUT2D eigenvalue weighted by Gasteiger charge is -2.01. The average Bonchev–Trinajstić information content (AvgIpc) is 2.16. The Labute approximate surface area is 93.2 Å². The summed E-state index contributed by atoms with van der Waals surface area (Å²) in [5.74, 6) is 0. The molecule has 0 aliphatic rings. The molecule has 0 aliphatic heterocycles. The van der Waals surface area contributed by atoms with Crippen LogP contribution in [0.25, 0.3) is 0 Å². The van der Waals surface area contributed by atoms with Crippen LogP contribution in [0.1, 0.15) is 0 Å². The first-order chi connectivity index (χ1) is 7.33. The predicted molar refractivity (Wildman–Crippen MR) is 53.9 cm³/mol. The van der Waals surface area contributed by atoms with E-state index in [4.69, 9.17) is 27.7 Å². The van der Waals surface area contributed by atoms with E-state index in [0.717, 1.165) is 0 Å². The lowest BCUT2D eigenvalue weighted by Crippen LogP contribution is -2.40. The van der Waals surface area contributed by atoms with Crippen molar-refractivity contribution in [2.24, 2.45) is 0 Å². The molecule has 1 rings (SSSR count). The molecule has 0 fully saturated rings. The zero-order valence-electron chi connectivity index (χ0n) is 8.34. The van der Waals surface area contributed by atoms with Crippen LogP contribution < -0.4 is 4.57 Å². The van der Waals surface area contributed by atoms with Crippen molar-refractivity contribution in [3.8, 4) is 0 Å². The molecule has 0 amide bonds. The molecule has 1 unspecified atom stereocenters. The Balaban J connectivity index is 0.000000385. The van der Waals surface area contributed by atoms with Gasteiger partial charge >= 0.3 is 10.4 Å². The molecule has 8 heteroatoms. The molecular formula is C8H14NO6S+. The lowest BCUT2D eigenvalue weighted by molar-refractivity contribution is -0.703. The van der Waals surface area contributed by atoms with Gasteiger partial charge in [-0.2, -0.15) is 8.42 Å². The van der Waals surface area contributed by atoms with Gasteiger partial charge in [-0.25, -0.2) is 4.57 Å². The maximum atomic E-state index is 9.04. The van der Waals surface area contributed by atoms with Crippen molar-refractivity contribution in [2.45, 2.75) is 12.6 Å². The van der Waals surface area contributed by atoms with Crippen molar-refractivity contribution >= 4 is 10.4 Å². The van der Waals surface area contributed by atoms with E-state index in [9.17, 15) is 0 Å². The van der Waals surface area contributed by atoms with Gasteiger partial charge in [-0.1, -0.05) is 6.07 Å². The molecule has 0 spiro atoms. The molecule has 4 N–H and O–H groups in total. The summed E-state index contributed by atoms with van der Waals surface area (Å²) < 4.78 is 33.4. The monoisotopic (exact) mass is 252 g/mol. The largest absolute Gasteiger partial charge is 0.394 e. The standard InChI is InChI=1S/C8H12NO2.H2O4S/c10-7-8(11)6-9-4-2-1-3-5-9;1-5(2,3)4/h1-5,8,10-11H,6-7H2;(H2,1,2,3,4)/q+1;. The number of rotatable bonds is 3. The molecular weight excluding hydrogens is 238 g/mol. The van der Waals surface area contributed by atoms with Crippen molar-refractivity contribution in [1.29, 1.82) is 0 Å². The number of aromatic nitrogens is 1. The molecule has 1 atom stereocenters. The van der Waals surface area contributed by atoms with Crippen LogP contribution in [0.5, 0.6) is 0 Å². The molecule has 0 saturated carbocycles. The van der Waals surface area contributed by atoms with Crippen molar-refractivity contribution in [3.63, 3.8) is 0 Å². The quantitative estimate of drug-likeness (QED) is 0.391. The van der Waals surface area contributed by atoms with Crippen molar-refractivity contribution in [1.82, 2.24) is 0 Å². The van der Waals surface area contributed by atoms with Crippen LogP contribution in [0.4, 0.5) is 0 Å². The highest BCUT2D eigenvalue weighted by atomic mass is 32.3. The second kappa shape index (κ2) is 7.25. The first-order valence-electron chi connectivity index (χ1n) is 4.26. The minimum Gasteiger partial charge on any atom is -0.393 e. The fraction of sp³-hybridized carbons (Fsp3) is 0.375. The summed E-state index contributed by atoms with van der Waals surface area (Å²) in [6.07, 6.45) is 3.03. The van der Waals surface area contributed by atoms with Gasteiger partial charge in [0.15, 0.2) is 18.9 Å². The number of pyridine rings is 1. The van der Waals surface area contributed by atoms with Crippen molar-refractivity contribution in [2.75, 3.05) is 6.61 Å². The molecule has 92 valence electrons. The van der Waals surface area contributed by atoms with Gasteiger partial charge < -0.3 is 10.2 Å². The van der Waals surface area contributed by atoms with Crippen LogP contribution in [0.3, 0.4) is 0 Å². The lowest BCUT2D eigenvalue weighted by atomic mass is 10.3. The fourth-order valence-corrected chi connectivity index (χ4v) is 0.857. The van der Waals surface area contributed by atoms with E-state index in [1.165, 1.54) is 0 Å². The smallest absolute Gasteiger partial charge is 0.393 e. The SMILES string of the molecule is O=S(=O)(O)O.OCC(O)C[n+]1ccccc1. The molecule has 16 heavy (non-hydrogen) atoms. The first-order valence-corrected chi connectivity index (χ1v) is 5.65. The summed E-state index contributed by atoms with van der Waals surface area (Å²) >= 11 is 0. The van der Waals surface area contributed by atoms with Crippen molar-refractivity contribution in [3.05, 3.63) is 30.6 Å². The molecule has 0 saturated heterocycles. The van der Waals surface area contributed by atoms with Crippen LogP contribution in [0.2, 0.25) is 0 Å². The highest BCUT2D eigenvalue weighted by Gasteiger charge is 2.07. The Morgan fingerprint density at radius 1 is 1.12 bits per heavy atom. The third kappa shape index (κ3) is 11.0. The number of hydrogen-bond acceptors (Lipinski definition) is 4. The fourth-order valence-electron chi connectivity index (χ4n) is 0.857. The van der Waals surface area contributed by atoms with E-state index in [1.54, 1.807) is 0 Å². The molecule has 0 radical (unpaired) electrons. The Morgan fingerprint density at radius 2 is 1.56 bits per heavy atom. The van der Waals surface area contributed by atoms with Crippen molar-refractivity contribution < 1.29 is 32.3 Å². The maximum Gasteiger partial charge on any atom is 0.394 e. The summed E-state index contributed by atoms with van der Waals surface area (Å²) in [5, 5.41) is 17.6. The summed E-state index contributed by atoms with van der Waals surface area (Å²) in [7, 11) is -4.67. The van der Waals surface area contributed by atoms with Crippen LogP contribution in [0.15, 0.2) is 30.6 Å². The maximum absolute atomic E-state index is 9.04. The van der Waals surface area contributed by atoms with E-state index in [2.05, 4.69) is 0 Å². The molecule has 0 bridgehead atoms. The van der Waals surface area contributed by atoms with Crippen LogP contribution in [-0.4, -0.2) is 40.4 Å². The van der Waals surface area contributed by atoms with Gasteiger partial charge in [0, 0.05) is 12.1 Å². The minimum atomic E-state index is -4.67. The van der Waals surface area contributed by atoms with Gasteiger partial charge in [0.1, 0.15) is 6.10 Å². The number of hydrogen-bond donors (Lipinski definition) is 4. The highest BCUT2D eigenvalue weighted by molar-refractivity contribution is 7.79. The molecule has 0 aliphatic carbocycles. The molecule has 0 aromatic carbocycles. The Kier molecular flexibility index (Phi) is 6.77. The topological polar surface area (TPSA) is 119 Å². The van der Waals surface area contributed by atoms with Gasteiger partial charge in [-0.15, -0.1) is 0 Å². The number of aliphatic hydroxyl groups excluding tert-OH is 2. The van der Waals surface area contributed by atoms with Crippen LogP contribution >= 0.6 is 0 Å². The highest BCUT2D eigenvalue weighted by Crippen LogP contribution is 1.82. The predicted octanol–water partition coefficient (Wildman–Crippen LogP) is -1.33.